The van der Waals surface area contributed by atoms with Gasteiger partial charge < -0.3 is 16.0 Å². The van der Waals surface area contributed by atoms with Crippen molar-refractivity contribution in [2.75, 3.05) is 25.5 Å². The van der Waals surface area contributed by atoms with E-state index < -0.39 is 0 Å². The third-order valence-corrected chi connectivity index (χ3v) is 4.01. The van der Waals surface area contributed by atoms with Crippen molar-refractivity contribution in [3.8, 4) is 0 Å². The minimum absolute atomic E-state index is 0.701. The Labute approximate surface area is 152 Å². The van der Waals surface area contributed by atoms with Gasteiger partial charge in [-0.2, -0.15) is 5.10 Å². The number of benzene rings is 1. The van der Waals surface area contributed by atoms with Gasteiger partial charge in [-0.1, -0.05) is 29.8 Å². The molecular formula is C18H24N8. The Balaban J connectivity index is 1.47. The summed E-state index contributed by atoms with van der Waals surface area (Å²) in [5, 5.41) is 15.0. The highest BCUT2D eigenvalue weighted by atomic mass is 15.3. The Hall–Kier alpha value is -3.16. The molecule has 26 heavy (non-hydrogen) atoms. The maximum Gasteiger partial charge on any atom is 0.191 e. The fourth-order valence-corrected chi connectivity index (χ4v) is 2.69. The van der Waals surface area contributed by atoms with Gasteiger partial charge in [0.05, 0.1) is 11.6 Å². The summed E-state index contributed by atoms with van der Waals surface area (Å²) in [6.07, 6.45) is 3.32. The van der Waals surface area contributed by atoms with Crippen LogP contribution in [0.2, 0.25) is 0 Å². The third-order valence-electron chi connectivity index (χ3n) is 4.01. The molecule has 0 amide bonds. The lowest BCUT2D eigenvalue weighted by molar-refractivity contribution is 0.785. The number of rotatable bonds is 6. The quantitative estimate of drug-likeness (QED) is 0.353. The van der Waals surface area contributed by atoms with E-state index in [4.69, 9.17) is 0 Å². The van der Waals surface area contributed by atoms with Gasteiger partial charge in [0.25, 0.3) is 0 Å². The van der Waals surface area contributed by atoms with E-state index in [2.05, 4.69) is 67.2 Å². The lowest BCUT2D eigenvalue weighted by Crippen LogP contribution is -2.39. The summed E-state index contributed by atoms with van der Waals surface area (Å²) in [6, 6.07) is 8.42. The first-order valence-electron chi connectivity index (χ1n) is 8.54. The lowest BCUT2D eigenvalue weighted by Gasteiger charge is -2.13. The van der Waals surface area contributed by atoms with E-state index in [1.54, 1.807) is 24.3 Å². The van der Waals surface area contributed by atoms with Crippen molar-refractivity contribution in [3.63, 3.8) is 0 Å². The monoisotopic (exact) mass is 352 g/mol. The zero-order valence-corrected chi connectivity index (χ0v) is 15.3. The van der Waals surface area contributed by atoms with Crippen molar-refractivity contribution in [2.24, 2.45) is 12.0 Å². The van der Waals surface area contributed by atoms with Crippen molar-refractivity contribution in [3.05, 3.63) is 47.9 Å². The fourth-order valence-electron chi connectivity index (χ4n) is 2.69. The molecule has 0 saturated heterocycles. The molecule has 0 aliphatic rings. The van der Waals surface area contributed by atoms with Crippen LogP contribution in [0.5, 0.6) is 0 Å². The largest absolute Gasteiger partial charge is 0.368 e. The fraction of sp³-hybridized carbons (Fsp3) is 0.333. The van der Waals surface area contributed by atoms with Crippen molar-refractivity contribution >= 4 is 22.8 Å². The first kappa shape index (κ1) is 17.7. The summed E-state index contributed by atoms with van der Waals surface area (Å²) in [5.41, 5.74) is 3.29. The molecule has 8 heteroatoms. The molecule has 0 radical (unpaired) electrons. The summed E-state index contributed by atoms with van der Waals surface area (Å²) in [4.78, 5) is 12.8. The van der Waals surface area contributed by atoms with Crippen LogP contribution < -0.4 is 16.0 Å². The Morgan fingerprint density at radius 1 is 1.19 bits per heavy atom. The number of fused-ring (bicyclic) bond motifs is 1. The smallest absolute Gasteiger partial charge is 0.191 e. The maximum atomic E-state index is 4.29. The van der Waals surface area contributed by atoms with Gasteiger partial charge in [0.15, 0.2) is 11.6 Å². The van der Waals surface area contributed by atoms with E-state index in [0.29, 0.717) is 13.1 Å². The number of aliphatic imine (C=N–C) groups is 1. The molecule has 0 bridgehead atoms. The van der Waals surface area contributed by atoms with Crippen LogP contribution in [0.1, 0.15) is 11.1 Å². The summed E-state index contributed by atoms with van der Waals surface area (Å²) < 4.78 is 1.73. The molecule has 1 aromatic carbocycles. The molecule has 0 fully saturated rings. The summed E-state index contributed by atoms with van der Waals surface area (Å²) in [5.74, 6) is 1.55. The van der Waals surface area contributed by atoms with Crippen LogP contribution >= 0.6 is 0 Å². The van der Waals surface area contributed by atoms with E-state index in [0.717, 1.165) is 29.4 Å². The molecular weight excluding hydrogens is 328 g/mol. The van der Waals surface area contributed by atoms with Crippen LogP contribution in [0, 0.1) is 6.92 Å². The van der Waals surface area contributed by atoms with Crippen molar-refractivity contribution in [1.29, 1.82) is 0 Å². The number of anilines is 1. The van der Waals surface area contributed by atoms with E-state index in [1.165, 1.54) is 11.1 Å². The zero-order chi connectivity index (χ0) is 18.4. The molecule has 136 valence electrons. The number of aryl methyl sites for hydroxylation is 2. The van der Waals surface area contributed by atoms with E-state index in [9.17, 15) is 0 Å². The van der Waals surface area contributed by atoms with E-state index in [1.807, 2.05) is 7.05 Å². The predicted molar refractivity (Wildman–Crippen MR) is 104 cm³/mol. The Bertz CT molecular complexity index is 899. The standard InChI is InChI=1S/C18H24N8/c1-13-5-4-6-14(9-13)10-22-18(19-2)21-8-7-20-16-15-11-25-26(3)17(15)24-12-23-16/h4-6,9,11-12H,7-8,10H2,1-3H3,(H2,19,21,22)(H,20,23,24). The molecule has 0 saturated carbocycles. The Kier molecular flexibility index (Phi) is 5.62. The van der Waals surface area contributed by atoms with Crippen LogP contribution in [-0.4, -0.2) is 45.8 Å². The van der Waals surface area contributed by atoms with E-state index in [-0.39, 0.29) is 0 Å². The second-order valence-corrected chi connectivity index (χ2v) is 6.00. The van der Waals surface area contributed by atoms with Crippen molar-refractivity contribution in [2.45, 2.75) is 13.5 Å². The number of nitrogens with one attached hydrogen (secondary N) is 3. The van der Waals surface area contributed by atoms with Gasteiger partial charge in [0.1, 0.15) is 12.1 Å². The summed E-state index contributed by atoms with van der Waals surface area (Å²) >= 11 is 0. The van der Waals surface area contributed by atoms with Crippen LogP contribution in [0.3, 0.4) is 0 Å². The molecule has 0 aliphatic carbocycles. The molecule has 0 unspecified atom stereocenters. The average molecular weight is 352 g/mol. The second-order valence-electron chi connectivity index (χ2n) is 6.00. The number of hydrogen-bond donors (Lipinski definition) is 3. The van der Waals surface area contributed by atoms with Gasteiger partial charge in [-0.25, -0.2) is 9.97 Å². The molecule has 3 rings (SSSR count). The Morgan fingerprint density at radius 2 is 2.08 bits per heavy atom. The van der Waals surface area contributed by atoms with Gasteiger partial charge in [0.2, 0.25) is 0 Å². The molecule has 2 aromatic heterocycles. The third kappa shape index (κ3) is 4.27. The SMILES string of the molecule is CN=C(NCCNc1ncnc2c1cnn2C)NCc1cccc(C)c1. The first-order valence-corrected chi connectivity index (χ1v) is 8.54. The molecule has 0 aliphatic heterocycles. The second kappa shape index (κ2) is 8.28. The molecule has 0 spiro atoms. The minimum Gasteiger partial charge on any atom is -0.368 e. The normalized spacial score (nSPS) is 11.6. The van der Waals surface area contributed by atoms with Gasteiger partial charge >= 0.3 is 0 Å². The predicted octanol–water partition coefficient (Wildman–Crippen LogP) is 1.45. The van der Waals surface area contributed by atoms with Gasteiger partial charge in [-0.05, 0) is 12.5 Å². The Morgan fingerprint density at radius 3 is 2.88 bits per heavy atom. The lowest BCUT2D eigenvalue weighted by atomic mass is 10.1. The number of nitrogens with zero attached hydrogens (tertiary/aromatic N) is 5. The molecule has 2 heterocycles. The zero-order valence-electron chi connectivity index (χ0n) is 15.3. The summed E-state index contributed by atoms with van der Waals surface area (Å²) in [6.45, 7) is 4.23. The number of hydrogen-bond acceptors (Lipinski definition) is 5. The van der Waals surface area contributed by atoms with Crippen molar-refractivity contribution in [1.82, 2.24) is 30.4 Å². The van der Waals surface area contributed by atoms with Gasteiger partial charge in [-0.3, -0.25) is 9.67 Å². The highest BCUT2D eigenvalue weighted by molar-refractivity contribution is 5.86. The molecule has 3 aromatic rings. The van der Waals surface area contributed by atoms with Crippen LogP contribution in [0.15, 0.2) is 41.8 Å². The van der Waals surface area contributed by atoms with Crippen molar-refractivity contribution < 1.29 is 0 Å². The minimum atomic E-state index is 0.701. The average Bonchev–Trinajstić information content (AvgIpc) is 3.03. The molecule has 3 N–H and O–H groups in total. The topological polar surface area (TPSA) is 92.1 Å². The highest BCUT2D eigenvalue weighted by Gasteiger charge is 2.07. The van der Waals surface area contributed by atoms with Gasteiger partial charge in [-0.15, -0.1) is 0 Å². The highest BCUT2D eigenvalue weighted by Crippen LogP contribution is 2.16. The van der Waals surface area contributed by atoms with Gasteiger partial charge in [0, 0.05) is 33.7 Å². The molecule has 8 nitrogen and oxygen atoms in total. The summed E-state index contributed by atoms with van der Waals surface area (Å²) in [7, 11) is 3.63. The first-order chi connectivity index (χ1) is 12.7. The van der Waals surface area contributed by atoms with Crippen LogP contribution in [0.4, 0.5) is 5.82 Å². The van der Waals surface area contributed by atoms with Crippen LogP contribution in [0.25, 0.3) is 11.0 Å². The van der Waals surface area contributed by atoms with Crippen LogP contribution in [-0.2, 0) is 13.6 Å². The number of guanidine groups is 1. The van der Waals surface area contributed by atoms with E-state index >= 15 is 0 Å². The molecule has 0 atom stereocenters. The number of aromatic nitrogens is 4. The maximum absolute atomic E-state index is 4.29.